The Hall–Kier alpha value is -2.93. The summed E-state index contributed by atoms with van der Waals surface area (Å²) in [5.41, 5.74) is 1.73. The van der Waals surface area contributed by atoms with E-state index in [1.165, 1.54) is 17.9 Å². The minimum Gasteiger partial charge on any atom is -0.451 e. The molecule has 0 aliphatic rings. The van der Waals surface area contributed by atoms with Gasteiger partial charge in [-0.15, -0.1) is 0 Å². The third kappa shape index (κ3) is 6.18. The molecule has 0 atom stereocenters. The Kier molecular flexibility index (Phi) is 7.11. The molecule has 26 heavy (non-hydrogen) atoms. The van der Waals surface area contributed by atoms with Gasteiger partial charge in [-0.2, -0.15) is 11.3 Å². The lowest BCUT2D eigenvalue weighted by Gasteiger charge is -2.16. The molecule has 1 N–H and O–H groups in total. The number of amides is 2. The summed E-state index contributed by atoms with van der Waals surface area (Å²) in [6.07, 6.45) is 1.50. The summed E-state index contributed by atoms with van der Waals surface area (Å²) < 4.78 is 5.07. The zero-order chi connectivity index (χ0) is 18.9. The van der Waals surface area contributed by atoms with Gasteiger partial charge in [-0.25, -0.2) is 4.79 Å². The number of nitrogens with zero attached hydrogens (tertiary/aromatic N) is 1. The van der Waals surface area contributed by atoms with Crippen molar-refractivity contribution in [1.29, 1.82) is 0 Å². The predicted octanol–water partition coefficient (Wildman–Crippen LogP) is 2.43. The number of benzene rings is 1. The molecule has 2 amide bonds. The minimum atomic E-state index is -0.763. The lowest BCUT2D eigenvalue weighted by molar-refractivity contribution is -0.149. The van der Waals surface area contributed by atoms with Crippen LogP contribution in [0, 0.1) is 0 Å². The van der Waals surface area contributed by atoms with Gasteiger partial charge < -0.3 is 15.0 Å². The first kappa shape index (κ1) is 19.4. The summed E-state index contributed by atoms with van der Waals surface area (Å²) in [5.74, 6) is -1.49. The van der Waals surface area contributed by atoms with Gasteiger partial charge >= 0.3 is 5.97 Å². The van der Waals surface area contributed by atoms with Crippen LogP contribution in [0.15, 0.2) is 52.9 Å². The maximum Gasteiger partial charge on any atom is 0.355 e. The molecule has 7 heteroatoms. The number of ether oxygens (including phenoxy) is 1. The number of esters is 1. The molecule has 0 bridgehead atoms. The van der Waals surface area contributed by atoms with Crippen LogP contribution >= 0.6 is 11.3 Å². The van der Waals surface area contributed by atoms with Gasteiger partial charge in [0.05, 0.1) is 0 Å². The summed E-state index contributed by atoms with van der Waals surface area (Å²) in [4.78, 5) is 37.2. The van der Waals surface area contributed by atoms with E-state index < -0.39 is 18.5 Å². The van der Waals surface area contributed by atoms with Gasteiger partial charge in [0.1, 0.15) is 5.70 Å². The standard InChI is InChI=1S/C19H20N2O4S/c1-14(22)20-17(10-15-6-4-3-5-7-15)19(24)25-12-18(23)21(2)11-16-8-9-26-13-16/h3-10,13H,11-12H2,1-2H3,(H,20,22)/b17-10-. The molecule has 1 aromatic heterocycles. The highest BCUT2D eigenvalue weighted by Gasteiger charge is 2.17. The maximum absolute atomic E-state index is 12.3. The zero-order valence-electron chi connectivity index (χ0n) is 14.6. The summed E-state index contributed by atoms with van der Waals surface area (Å²) in [6.45, 7) is 1.34. The van der Waals surface area contributed by atoms with Crippen LogP contribution < -0.4 is 5.32 Å². The van der Waals surface area contributed by atoms with Crippen LogP contribution in [0.1, 0.15) is 18.1 Å². The number of hydrogen-bond donors (Lipinski definition) is 1. The topological polar surface area (TPSA) is 75.7 Å². The summed E-state index contributed by atoms with van der Waals surface area (Å²) in [5, 5.41) is 6.33. The smallest absolute Gasteiger partial charge is 0.355 e. The first-order chi connectivity index (χ1) is 12.5. The van der Waals surface area contributed by atoms with E-state index in [0.717, 1.165) is 11.1 Å². The number of carbonyl (C=O) groups is 3. The van der Waals surface area contributed by atoms with Crippen LogP contribution in [0.5, 0.6) is 0 Å². The lowest BCUT2D eigenvalue weighted by atomic mass is 10.2. The Balaban J connectivity index is 1.97. The molecular weight excluding hydrogens is 352 g/mol. The van der Waals surface area contributed by atoms with Crippen molar-refractivity contribution >= 4 is 35.2 Å². The first-order valence-corrected chi connectivity index (χ1v) is 8.86. The van der Waals surface area contributed by atoms with E-state index in [1.54, 1.807) is 30.5 Å². The number of carbonyl (C=O) groups excluding carboxylic acids is 3. The number of thiophene rings is 1. The van der Waals surface area contributed by atoms with Crippen LogP contribution in [0.4, 0.5) is 0 Å². The average molecular weight is 372 g/mol. The van der Waals surface area contributed by atoms with E-state index >= 15 is 0 Å². The highest BCUT2D eigenvalue weighted by Crippen LogP contribution is 2.09. The van der Waals surface area contributed by atoms with Crippen LogP contribution in [-0.4, -0.2) is 36.3 Å². The van der Waals surface area contributed by atoms with Crippen LogP contribution in [0.25, 0.3) is 6.08 Å². The maximum atomic E-state index is 12.3. The molecule has 0 saturated carbocycles. The number of rotatable bonds is 7. The normalized spacial score (nSPS) is 10.9. The summed E-state index contributed by atoms with van der Waals surface area (Å²) >= 11 is 1.55. The number of likely N-dealkylation sites (N-methyl/N-ethyl adjacent to an activating group) is 1. The second-order valence-electron chi connectivity index (χ2n) is 5.61. The Morgan fingerprint density at radius 1 is 1.19 bits per heavy atom. The lowest BCUT2D eigenvalue weighted by Crippen LogP contribution is -2.33. The SMILES string of the molecule is CC(=O)N/C(=C\c1ccccc1)C(=O)OCC(=O)N(C)Cc1ccsc1. The third-order valence-corrected chi connectivity index (χ3v) is 4.13. The van der Waals surface area contributed by atoms with Gasteiger partial charge in [0, 0.05) is 20.5 Å². The van der Waals surface area contributed by atoms with Crippen LogP contribution in [0.3, 0.4) is 0 Å². The molecule has 136 valence electrons. The van der Waals surface area contributed by atoms with E-state index in [-0.39, 0.29) is 11.6 Å². The van der Waals surface area contributed by atoms with E-state index in [9.17, 15) is 14.4 Å². The highest BCUT2D eigenvalue weighted by atomic mass is 32.1. The number of hydrogen-bond acceptors (Lipinski definition) is 5. The van der Waals surface area contributed by atoms with Gasteiger partial charge in [0.15, 0.2) is 6.61 Å². The van der Waals surface area contributed by atoms with Gasteiger partial charge in [0.25, 0.3) is 5.91 Å². The zero-order valence-corrected chi connectivity index (χ0v) is 15.4. The number of nitrogens with one attached hydrogen (secondary N) is 1. The van der Waals surface area contributed by atoms with Crippen molar-refractivity contribution in [2.45, 2.75) is 13.5 Å². The summed E-state index contributed by atoms with van der Waals surface area (Å²) in [6, 6.07) is 11.0. The van der Waals surface area contributed by atoms with Crippen molar-refractivity contribution in [2.24, 2.45) is 0 Å². The van der Waals surface area contributed by atoms with Gasteiger partial charge in [-0.1, -0.05) is 30.3 Å². The van der Waals surface area contributed by atoms with Crippen molar-refractivity contribution in [2.75, 3.05) is 13.7 Å². The predicted molar refractivity (Wildman–Crippen MR) is 100.0 cm³/mol. The fraction of sp³-hybridized carbons (Fsp3) is 0.211. The molecule has 0 saturated heterocycles. The molecule has 0 aliphatic heterocycles. The molecule has 1 heterocycles. The molecule has 0 aliphatic carbocycles. The molecule has 0 radical (unpaired) electrons. The molecule has 0 fully saturated rings. The van der Waals surface area contributed by atoms with Crippen molar-refractivity contribution in [3.8, 4) is 0 Å². The quantitative estimate of drug-likeness (QED) is 0.598. The summed E-state index contributed by atoms with van der Waals surface area (Å²) in [7, 11) is 1.64. The second kappa shape index (κ2) is 9.53. The van der Waals surface area contributed by atoms with E-state index in [2.05, 4.69) is 5.32 Å². The molecule has 1 aromatic carbocycles. The van der Waals surface area contributed by atoms with Gasteiger partial charge in [-0.05, 0) is 34.0 Å². The Labute approximate surface area is 156 Å². The van der Waals surface area contributed by atoms with Gasteiger partial charge in [-0.3, -0.25) is 9.59 Å². The first-order valence-electron chi connectivity index (χ1n) is 7.92. The molecule has 2 aromatic rings. The van der Waals surface area contributed by atoms with Gasteiger partial charge in [0.2, 0.25) is 5.91 Å². The highest BCUT2D eigenvalue weighted by molar-refractivity contribution is 7.07. The fourth-order valence-electron chi connectivity index (χ4n) is 2.11. The minimum absolute atomic E-state index is 0.0167. The largest absolute Gasteiger partial charge is 0.451 e. The molecule has 6 nitrogen and oxygen atoms in total. The molecule has 2 rings (SSSR count). The van der Waals surface area contributed by atoms with Crippen molar-refractivity contribution in [3.63, 3.8) is 0 Å². The Bertz CT molecular complexity index is 785. The Morgan fingerprint density at radius 2 is 1.92 bits per heavy atom. The second-order valence-corrected chi connectivity index (χ2v) is 6.39. The molecule has 0 unspecified atom stereocenters. The third-order valence-electron chi connectivity index (χ3n) is 3.39. The van der Waals surface area contributed by atoms with Crippen LogP contribution in [-0.2, 0) is 25.7 Å². The van der Waals surface area contributed by atoms with E-state index in [4.69, 9.17) is 4.74 Å². The molecular formula is C19H20N2O4S. The Morgan fingerprint density at radius 3 is 2.54 bits per heavy atom. The monoisotopic (exact) mass is 372 g/mol. The fourth-order valence-corrected chi connectivity index (χ4v) is 2.77. The van der Waals surface area contributed by atoms with E-state index in [1.807, 2.05) is 35.0 Å². The molecule has 0 spiro atoms. The average Bonchev–Trinajstić information content (AvgIpc) is 3.12. The van der Waals surface area contributed by atoms with Crippen molar-refractivity contribution in [3.05, 3.63) is 64.0 Å². The van der Waals surface area contributed by atoms with E-state index in [0.29, 0.717) is 6.54 Å². The van der Waals surface area contributed by atoms with Crippen molar-refractivity contribution in [1.82, 2.24) is 10.2 Å². The van der Waals surface area contributed by atoms with Crippen molar-refractivity contribution < 1.29 is 19.1 Å². The van der Waals surface area contributed by atoms with Crippen LogP contribution in [0.2, 0.25) is 0 Å².